The molecule has 0 atom stereocenters. The number of nitrogens with one attached hydrogen (secondary N) is 1. The van der Waals surface area contributed by atoms with Crippen molar-refractivity contribution in [2.45, 2.75) is 39.7 Å². The predicted molar refractivity (Wildman–Crippen MR) is 118 cm³/mol. The number of ether oxygens (including phenoxy) is 1. The Labute approximate surface area is 187 Å². The highest BCUT2D eigenvalue weighted by atomic mass is 35.5. The maximum absolute atomic E-state index is 14.7. The molecule has 6 nitrogen and oxygen atoms in total. The fraction of sp³-hybridized carbons (Fsp3) is 0.409. The SMILES string of the molecule is CN(C)S(=O)(=O)NC(=O)c1ccc(COc2ccc3c(c2)CC(C)(C)CC3)c(Cl)c1F. The summed E-state index contributed by atoms with van der Waals surface area (Å²) in [7, 11) is -1.55. The van der Waals surface area contributed by atoms with Gasteiger partial charge in [-0.1, -0.05) is 37.6 Å². The van der Waals surface area contributed by atoms with Crippen LogP contribution in [0.15, 0.2) is 30.3 Å². The maximum atomic E-state index is 14.7. The Bertz CT molecular complexity index is 1120. The molecule has 0 radical (unpaired) electrons. The number of carbonyl (C=O) groups is 1. The fourth-order valence-electron chi connectivity index (χ4n) is 3.48. The van der Waals surface area contributed by atoms with Gasteiger partial charge in [-0.25, -0.2) is 9.11 Å². The summed E-state index contributed by atoms with van der Waals surface area (Å²) in [5.41, 5.74) is 2.70. The van der Waals surface area contributed by atoms with Crippen LogP contribution in [0.5, 0.6) is 5.75 Å². The molecule has 168 valence electrons. The van der Waals surface area contributed by atoms with Crippen molar-refractivity contribution in [3.05, 3.63) is 63.4 Å². The third-order valence-corrected chi connectivity index (χ3v) is 7.23. The van der Waals surface area contributed by atoms with Crippen LogP contribution in [0.3, 0.4) is 0 Å². The Morgan fingerprint density at radius 3 is 2.61 bits per heavy atom. The normalized spacial score (nSPS) is 15.5. The summed E-state index contributed by atoms with van der Waals surface area (Å²) in [4.78, 5) is 12.2. The quantitative estimate of drug-likeness (QED) is 0.692. The Morgan fingerprint density at radius 1 is 1.23 bits per heavy atom. The van der Waals surface area contributed by atoms with Gasteiger partial charge < -0.3 is 4.74 Å². The molecule has 1 aliphatic rings. The predicted octanol–water partition coefficient (Wildman–Crippen LogP) is 4.11. The van der Waals surface area contributed by atoms with Crippen LogP contribution in [0.25, 0.3) is 0 Å². The zero-order valence-corrected chi connectivity index (χ0v) is 19.5. The highest BCUT2D eigenvalue weighted by molar-refractivity contribution is 7.87. The molecule has 0 bridgehead atoms. The first-order chi connectivity index (χ1) is 14.4. The minimum Gasteiger partial charge on any atom is -0.489 e. The molecule has 0 fully saturated rings. The lowest BCUT2D eigenvalue weighted by atomic mass is 9.74. The van der Waals surface area contributed by atoms with Crippen LogP contribution in [-0.4, -0.2) is 32.7 Å². The number of aryl methyl sites for hydroxylation is 1. The third kappa shape index (κ3) is 5.37. The van der Waals surface area contributed by atoms with E-state index >= 15 is 0 Å². The first-order valence-corrected chi connectivity index (χ1v) is 11.7. The number of halogens is 2. The summed E-state index contributed by atoms with van der Waals surface area (Å²) < 4.78 is 46.7. The third-order valence-electron chi connectivity index (χ3n) is 5.42. The average Bonchev–Trinajstić information content (AvgIpc) is 2.67. The zero-order valence-electron chi connectivity index (χ0n) is 18.0. The van der Waals surface area contributed by atoms with E-state index in [1.165, 1.54) is 37.4 Å². The topological polar surface area (TPSA) is 75.7 Å². The second-order valence-electron chi connectivity index (χ2n) is 8.68. The van der Waals surface area contributed by atoms with E-state index in [0.29, 0.717) is 11.3 Å². The molecule has 1 aliphatic carbocycles. The number of rotatable bonds is 6. The van der Waals surface area contributed by atoms with Crippen molar-refractivity contribution in [2.24, 2.45) is 5.41 Å². The molecule has 9 heteroatoms. The molecule has 3 rings (SSSR count). The van der Waals surface area contributed by atoms with Crippen LogP contribution in [0, 0.1) is 11.2 Å². The van der Waals surface area contributed by atoms with Gasteiger partial charge in [0.25, 0.3) is 5.91 Å². The summed E-state index contributed by atoms with van der Waals surface area (Å²) in [5.74, 6) is -1.44. The Kier molecular flexibility index (Phi) is 6.64. The molecule has 0 saturated heterocycles. The Balaban J connectivity index is 1.74. The first-order valence-electron chi connectivity index (χ1n) is 9.86. The number of benzene rings is 2. The number of fused-ring (bicyclic) bond motifs is 1. The summed E-state index contributed by atoms with van der Waals surface area (Å²) in [6.45, 7) is 4.50. The van der Waals surface area contributed by atoms with E-state index in [1.807, 2.05) is 12.1 Å². The van der Waals surface area contributed by atoms with Crippen molar-refractivity contribution < 1.29 is 22.3 Å². The first kappa shape index (κ1) is 23.5. The molecule has 0 unspecified atom stereocenters. The molecule has 0 aromatic heterocycles. The van der Waals surface area contributed by atoms with E-state index in [1.54, 1.807) is 4.72 Å². The van der Waals surface area contributed by atoms with E-state index in [2.05, 4.69) is 19.9 Å². The summed E-state index contributed by atoms with van der Waals surface area (Å²) in [6.07, 6.45) is 3.15. The lowest BCUT2D eigenvalue weighted by molar-refractivity contribution is 0.0975. The minimum absolute atomic E-state index is 0.00975. The molecule has 1 amide bonds. The minimum atomic E-state index is -4.05. The van der Waals surface area contributed by atoms with Gasteiger partial charge in [-0.15, -0.1) is 0 Å². The standard InChI is InChI=1S/C22H26ClFN2O4S/c1-22(2)10-9-14-5-7-17(11-16(14)12-22)30-13-15-6-8-18(20(24)19(15)23)21(27)25-31(28,29)26(3)4/h5-8,11H,9-10,12-13H2,1-4H3,(H,25,27). The number of amides is 1. The molecule has 0 aliphatic heterocycles. The van der Waals surface area contributed by atoms with Crippen LogP contribution < -0.4 is 9.46 Å². The van der Waals surface area contributed by atoms with Gasteiger partial charge in [0, 0.05) is 19.7 Å². The van der Waals surface area contributed by atoms with Crippen LogP contribution in [0.4, 0.5) is 4.39 Å². The average molecular weight is 469 g/mol. The molecule has 0 heterocycles. The second-order valence-corrected chi connectivity index (χ2v) is 10.9. The van der Waals surface area contributed by atoms with E-state index in [4.69, 9.17) is 16.3 Å². The van der Waals surface area contributed by atoms with E-state index in [-0.39, 0.29) is 17.0 Å². The second kappa shape index (κ2) is 8.76. The van der Waals surface area contributed by atoms with Gasteiger partial charge in [-0.3, -0.25) is 4.79 Å². The van der Waals surface area contributed by atoms with Crippen molar-refractivity contribution >= 4 is 27.7 Å². The number of hydrogen-bond acceptors (Lipinski definition) is 4. The summed E-state index contributed by atoms with van der Waals surface area (Å²) >= 11 is 6.10. The van der Waals surface area contributed by atoms with Gasteiger partial charge in [-0.05, 0) is 54.0 Å². The van der Waals surface area contributed by atoms with E-state index in [9.17, 15) is 17.6 Å². The van der Waals surface area contributed by atoms with Gasteiger partial charge in [0.05, 0.1) is 10.6 Å². The molecule has 0 saturated carbocycles. The van der Waals surface area contributed by atoms with E-state index in [0.717, 1.165) is 23.6 Å². The summed E-state index contributed by atoms with van der Waals surface area (Å²) in [6, 6.07) is 8.59. The monoisotopic (exact) mass is 468 g/mol. The largest absolute Gasteiger partial charge is 0.489 e. The Morgan fingerprint density at radius 2 is 1.94 bits per heavy atom. The van der Waals surface area contributed by atoms with Crippen molar-refractivity contribution in [1.82, 2.24) is 9.03 Å². The molecular formula is C22H26ClFN2O4S. The van der Waals surface area contributed by atoms with Crippen molar-refractivity contribution in [3.63, 3.8) is 0 Å². The lowest BCUT2D eigenvalue weighted by Gasteiger charge is -2.31. The molecular weight excluding hydrogens is 443 g/mol. The molecule has 1 N–H and O–H groups in total. The molecule has 31 heavy (non-hydrogen) atoms. The van der Waals surface area contributed by atoms with Gasteiger partial charge in [0.1, 0.15) is 12.4 Å². The summed E-state index contributed by atoms with van der Waals surface area (Å²) in [5, 5.41) is -0.283. The van der Waals surface area contributed by atoms with Gasteiger partial charge >= 0.3 is 10.2 Å². The molecule has 2 aromatic carbocycles. The van der Waals surface area contributed by atoms with Crippen LogP contribution in [0.1, 0.15) is 47.3 Å². The van der Waals surface area contributed by atoms with Crippen LogP contribution in [0.2, 0.25) is 5.02 Å². The maximum Gasteiger partial charge on any atom is 0.303 e. The number of nitrogens with zero attached hydrogens (tertiary/aromatic N) is 1. The Hall–Kier alpha value is -2.16. The van der Waals surface area contributed by atoms with Crippen molar-refractivity contribution in [2.75, 3.05) is 14.1 Å². The lowest BCUT2D eigenvalue weighted by Crippen LogP contribution is -2.39. The van der Waals surface area contributed by atoms with Gasteiger partial charge in [-0.2, -0.15) is 12.7 Å². The number of carbonyl (C=O) groups excluding carboxylic acids is 1. The van der Waals surface area contributed by atoms with Crippen LogP contribution >= 0.6 is 11.6 Å². The molecule has 2 aromatic rings. The van der Waals surface area contributed by atoms with Crippen molar-refractivity contribution in [3.8, 4) is 5.75 Å². The van der Waals surface area contributed by atoms with Gasteiger partial charge in [0.2, 0.25) is 0 Å². The highest BCUT2D eigenvalue weighted by Crippen LogP contribution is 2.36. The molecule has 0 spiro atoms. The highest BCUT2D eigenvalue weighted by Gasteiger charge is 2.26. The van der Waals surface area contributed by atoms with Gasteiger partial charge in [0.15, 0.2) is 5.82 Å². The van der Waals surface area contributed by atoms with E-state index < -0.39 is 27.5 Å². The van der Waals surface area contributed by atoms with Crippen molar-refractivity contribution in [1.29, 1.82) is 0 Å². The zero-order chi connectivity index (χ0) is 23.0. The smallest absolute Gasteiger partial charge is 0.303 e. The van der Waals surface area contributed by atoms with Crippen LogP contribution in [-0.2, 0) is 29.7 Å². The number of hydrogen-bond donors (Lipinski definition) is 1. The fourth-order valence-corrected chi connectivity index (χ4v) is 4.22.